The molecule has 1 aromatic rings. The van der Waals surface area contributed by atoms with Crippen molar-refractivity contribution < 1.29 is 9.53 Å². The minimum absolute atomic E-state index is 0.207. The van der Waals surface area contributed by atoms with E-state index in [4.69, 9.17) is 10.5 Å². The molecule has 2 rings (SSSR count). The summed E-state index contributed by atoms with van der Waals surface area (Å²) >= 11 is 0. The molecule has 4 heteroatoms. The number of hydrogen-bond donors (Lipinski definition) is 1. The molecule has 1 amide bonds. The fourth-order valence-electron chi connectivity index (χ4n) is 2.70. The highest BCUT2D eigenvalue weighted by atomic mass is 16.6. The molecule has 0 aliphatic carbocycles. The third-order valence-electron chi connectivity index (χ3n) is 3.75. The van der Waals surface area contributed by atoms with Gasteiger partial charge >= 0.3 is 6.09 Å². The first-order valence-electron chi connectivity index (χ1n) is 7.57. The average Bonchev–Trinajstić information content (AvgIpc) is 2.79. The number of nitrogen functional groups attached to an aromatic ring is 1. The van der Waals surface area contributed by atoms with Crippen molar-refractivity contribution in [1.82, 2.24) is 4.90 Å². The first kappa shape index (κ1) is 15.7. The SMILES string of the molecule is Cc1ccc(CC2CCN(C(=O)OC(C)(C)C)C2)c(N)c1. The molecule has 1 aromatic carbocycles. The summed E-state index contributed by atoms with van der Waals surface area (Å²) in [6.45, 7) is 9.25. The molecule has 4 nitrogen and oxygen atoms in total. The maximum atomic E-state index is 12.0. The first-order valence-corrected chi connectivity index (χ1v) is 7.57. The van der Waals surface area contributed by atoms with E-state index in [9.17, 15) is 4.79 Å². The number of carbonyl (C=O) groups excluding carboxylic acids is 1. The Labute approximate surface area is 127 Å². The molecule has 0 radical (unpaired) electrons. The number of rotatable bonds is 2. The van der Waals surface area contributed by atoms with E-state index in [2.05, 4.69) is 12.1 Å². The highest BCUT2D eigenvalue weighted by Gasteiger charge is 2.29. The molecule has 1 atom stereocenters. The van der Waals surface area contributed by atoms with Crippen LogP contribution in [0.4, 0.5) is 10.5 Å². The minimum atomic E-state index is -0.434. The molecule has 1 aliphatic rings. The lowest BCUT2D eigenvalue weighted by atomic mass is 9.97. The number of likely N-dealkylation sites (tertiary alicyclic amines) is 1. The fourth-order valence-corrected chi connectivity index (χ4v) is 2.70. The van der Waals surface area contributed by atoms with Crippen molar-refractivity contribution in [3.8, 4) is 0 Å². The summed E-state index contributed by atoms with van der Waals surface area (Å²) in [6, 6.07) is 6.20. The number of carbonyl (C=O) groups is 1. The molecular formula is C17H26N2O2. The second-order valence-electron chi connectivity index (χ2n) is 6.99. The summed E-state index contributed by atoms with van der Waals surface area (Å²) in [6.07, 6.45) is 1.72. The van der Waals surface area contributed by atoms with Crippen molar-refractivity contribution in [3.05, 3.63) is 29.3 Å². The molecule has 1 unspecified atom stereocenters. The number of hydrogen-bond acceptors (Lipinski definition) is 3. The lowest BCUT2D eigenvalue weighted by Gasteiger charge is -2.24. The van der Waals surface area contributed by atoms with Gasteiger partial charge in [0.2, 0.25) is 0 Å². The quantitative estimate of drug-likeness (QED) is 0.850. The van der Waals surface area contributed by atoms with E-state index in [0.29, 0.717) is 5.92 Å². The molecule has 1 heterocycles. The number of nitrogens with zero attached hydrogens (tertiary/aromatic N) is 1. The van der Waals surface area contributed by atoms with Gasteiger partial charge < -0.3 is 15.4 Å². The summed E-state index contributed by atoms with van der Waals surface area (Å²) in [4.78, 5) is 13.9. The number of anilines is 1. The van der Waals surface area contributed by atoms with E-state index in [1.807, 2.05) is 33.8 Å². The second kappa shape index (κ2) is 5.96. The van der Waals surface area contributed by atoms with E-state index in [0.717, 1.165) is 31.6 Å². The highest BCUT2D eigenvalue weighted by molar-refractivity contribution is 5.68. The summed E-state index contributed by atoms with van der Waals surface area (Å²) in [5.74, 6) is 0.461. The lowest BCUT2D eigenvalue weighted by Crippen LogP contribution is -2.35. The Morgan fingerprint density at radius 2 is 2.14 bits per heavy atom. The Hall–Kier alpha value is -1.71. The van der Waals surface area contributed by atoms with Crippen LogP contribution in [0.2, 0.25) is 0 Å². The Bertz CT molecular complexity index is 520. The first-order chi connectivity index (χ1) is 9.74. The molecule has 1 fully saturated rings. The van der Waals surface area contributed by atoms with Gasteiger partial charge in [0, 0.05) is 18.8 Å². The Morgan fingerprint density at radius 3 is 2.76 bits per heavy atom. The van der Waals surface area contributed by atoms with Gasteiger partial charge in [-0.25, -0.2) is 4.79 Å². The van der Waals surface area contributed by atoms with Crippen LogP contribution in [0.15, 0.2) is 18.2 Å². The van der Waals surface area contributed by atoms with E-state index in [-0.39, 0.29) is 6.09 Å². The van der Waals surface area contributed by atoms with Crippen LogP contribution >= 0.6 is 0 Å². The molecule has 0 bridgehead atoms. The second-order valence-corrected chi connectivity index (χ2v) is 6.99. The monoisotopic (exact) mass is 290 g/mol. The van der Waals surface area contributed by atoms with Crippen molar-refractivity contribution in [2.75, 3.05) is 18.8 Å². The molecule has 1 aliphatic heterocycles. The van der Waals surface area contributed by atoms with Gasteiger partial charge in [0.25, 0.3) is 0 Å². The van der Waals surface area contributed by atoms with Crippen LogP contribution < -0.4 is 5.73 Å². The third-order valence-corrected chi connectivity index (χ3v) is 3.75. The van der Waals surface area contributed by atoms with Crippen LogP contribution in [0.5, 0.6) is 0 Å². The molecule has 2 N–H and O–H groups in total. The number of nitrogens with two attached hydrogens (primary N) is 1. The summed E-state index contributed by atoms with van der Waals surface area (Å²) in [7, 11) is 0. The van der Waals surface area contributed by atoms with Crippen LogP contribution in [0, 0.1) is 12.8 Å². The smallest absolute Gasteiger partial charge is 0.410 e. The zero-order chi connectivity index (χ0) is 15.6. The zero-order valence-electron chi connectivity index (χ0n) is 13.5. The topological polar surface area (TPSA) is 55.6 Å². The van der Waals surface area contributed by atoms with Gasteiger partial charge in [-0.05, 0) is 63.6 Å². The summed E-state index contributed by atoms with van der Waals surface area (Å²) in [5, 5.41) is 0. The Balaban J connectivity index is 1.92. The molecule has 116 valence electrons. The predicted octanol–water partition coefficient (Wildman–Crippen LogP) is 3.38. The fraction of sp³-hybridized carbons (Fsp3) is 0.588. The van der Waals surface area contributed by atoms with E-state index in [1.165, 1.54) is 11.1 Å². The maximum absolute atomic E-state index is 12.0. The summed E-state index contributed by atoms with van der Waals surface area (Å²) < 4.78 is 5.42. The molecule has 1 saturated heterocycles. The van der Waals surface area contributed by atoms with Crippen molar-refractivity contribution in [3.63, 3.8) is 0 Å². The average molecular weight is 290 g/mol. The zero-order valence-corrected chi connectivity index (χ0v) is 13.5. The van der Waals surface area contributed by atoms with Crippen LogP contribution in [0.3, 0.4) is 0 Å². The molecule has 21 heavy (non-hydrogen) atoms. The van der Waals surface area contributed by atoms with Crippen molar-refractivity contribution in [1.29, 1.82) is 0 Å². The van der Waals surface area contributed by atoms with Gasteiger partial charge in [-0.1, -0.05) is 12.1 Å². The largest absolute Gasteiger partial charge is 0.444 e. The molecular weight excluding hydrogens is 264 g/mol. The maximum Gasteiger partial charge on any atom is 0.410 e. The van der Waals surface area contributed by atoms with Gasteiger partial charge in [-0.3, -0.25) is 0 Å². The van der Waals surface area contributed by atoms with Gasteiger partial charge in [0.1, 0.15) is 5.60 Å². The standard InChI is InChI=1S/C17H26N2O2/c1-12-5-6-14(15(18)9-12)10-13-7-8-19(11-13)16(20)21-17(2,3)4/h5-6,9,13H,7-8,10-11,18H2,1-4H3. The number of ether oxygens (including phenoxy) is 1. The van der Waals surface area contributed by atoms with Gasteiger partial charge in [-0.2, -0.15) is 0 Å². The normalized spacial score (nSPS) is 18.9. The number of benzene rings is 1. The molecule has 0 aromatic heterocycles. The number of aryl methyl sites for hydroxylation is 1. The third kappa shape index (κ3) is 4.38. The van der Waals surface area contributed by atoms with Gasteiger partial charge in [0.05, 0.1) is 0 Å². The lowest BCUT2D eigenvalue weighted by molar-refractivity contribution is 0.0288. The van der Waals surface area contributed by atoms with Crippen LogP contribution in [0.1, 0.15) is 38.3 Å². The minimum Gasteiger partial charge on any atom is -0.444 e. The molecule has 0 spiro atoms. The Kier molecular flexibility index (Phi) is 4.45. The predicted molar refractivity (Wildman–Crippen MR) is 85.2 cm³/mol. The van der Waals surface area contributed by atoms with Crippen LogP contribution in [-0.4, -0.2) is 29.7 Å². The molecule has 0 saturated carbocycles. The van der Waals surface area contributed by atoms with Gasteiger partial charge in [-0.15, -0.1) is 0 Å². The van der Waals surface area contributed by atoms with E-state index in [1.54, 1.807) is 4.90 Å². The van der Waals surface area contributed by atoms with E-state index < -0.39 is 5.60 Å². The van der Waals surface area contributed by atoms with Crippen LogP contribution in [-0.2, 0) is 11.2 Å². The Morgan fingerprint density at radius 1 is 1.43 bits per heavy atom. The van der Waals surface area contributed by atoms with Crippen molar-refractivity contribution in [2.24, 2.45) is 5.92 Å². The number of amides is 1. The van der Waals surface area contributed by atoms with Gasteiger partial charge in [0.15, 0.2) is 0 Å². The van der Waals surface area contributed by atoms with E-state index >= 15 is 0 Å². The van der Waals surface area contributed by atoms with Crippen molar-refractivity contribution in [2.45, 2.75) is 46.1 Å². The van der Waals surface area contributed by atoms with Crippen molar-refractivity contribution >= 4 is 11.8 Å². The van der Waals surface area contributed by atoms with Crippen LogP contribution in [0.25, 0.3) is 0 Å². The summed E-state index contributed by atoms with van der Waals surface area (Å²) in [5.41, 5.74) is 8.85. The highest BCUT2D eigenvalue weighted by Crippen LogP contribution is 2.25.